The molecule has 1 atom stereocenters. The molecule has 0 spiro atoms. The van der Waals surface area contributed by atoms with E-state index in [1.807, 2.05) is 20.8 Å². The van der Waals surface area contributed by atoms with Crippen LogP contribution in [0.15, 0.2) is 24.9 Å². The van der Waals surface area contributed by atoms with Crippen LogP contribution in [0, 0.1) is 0 Å². The number of hydrogen-bond acceptors (Lipinski definition) is 4. The van der Waals surface area contributed by atoms with Crippen molar-refractivity contribution in [3.8, 4) is 0 Å². The zero-order chi connectivity index (χ0) is 13.8. The molecule has 2 heterocycles. The summed E-state index contributed by atoms with van der Waals surface area (Å²) in [5, 5.41) is 11.1. The van der Waals surface area contributed by atoms with E-state index in [1.165, 1.54) is 6.33 Å². The normalized spacial score (nSPS) is 12.6. The highest BCUT2D eigenvalue weighted by Crippen LogP contribution is 2.08. The van der Waals surface area contributed by atoms with Crippen molar-refractivity contribution in [2.45, 2.75) is 39.4 Å². The molecule has 2 aromatic rings. The molecule has 7 heteroatoms. The van der Waals surface area contributed by atoms with E-state index in [0.717, 1.165) is 0 Å². The topological polar surface area (TPSA) is 77.6 Å². The maximum Gasteiger partial charge on any atom is 0.269 e. The minimum absolute atomic E-state index is 0.0373. The number of hydrogen-bond donors (Lipinski definition) is 1. The van der Waals surface area contributed by atoms with E-state index in [2.05, 4.69) is 20.5 Å². The van der Waals surface area contributed by atoms with Gasteiger partial charge in [0.15, 0.2) is 0 Å². The average Bonchev–Trinajstić information content (AvgIpc) is 2.97. The van der Waals surface area contributed by atoms with Gasteiger partial charge in [0.25, 0.3) is 5.91 Å². The number of nitrogens with one attached hydrogen (secondary N) is 1. The van der Waals surface area contributed by atoms with E-state index >= 15 is 0 Å². The van der Waals surface area contributed by atoms with E-state index < -0.39 is 0 Å². The fraction of sp³-hybridized carbons (Fsp3) is 0.500. The first-order valence-electron chi connectivity index (χ1n) is 6.24. The van der Waals surface area contributed by atoms with Crippen LogP contribution in [0.4, 0.5) is 0 Å². The zero-order valence-corrected chi connectivity index (χ0v) is 11.3. The van der Waals surface area contributed by atoms with Gasteiger partial charge in [0, 0.05) is 18.3 Å². The lowest BCUT2D eigenvalue weighted by atomic mass is 10.3. The number of amides is 1. The molecule has 0 aromatic carbocycles. The van der Waals surface area contributed by atoms with Crippen molar-refractivity contribution >= 4 is 5.91 Å². The van der Waals surface area contributed by atoms with Gasteiger partial charge in [-0.05, 0) is 26.8 Å². The summed E-state index contributed by atoms with van der Waals surface area (Å²) in [6.07, 6.45) is 4.74. The quantitative estimate of drug-likeness (QED) is 0.867. The number of carbonyl (C=O) groups is 1. The maximum atomic E-state index is 12.2. The summed E-state index contributed by atoms with van der Waals surface area (Å²) in [6.45, 7) is 6.49. The first kappa shape index (κ1) is 13.3. The molecule has 2 rings (SSSR count). The second-order valence-electron chi connectivity index (χ2n) is 4.75. The van der Waals surface area contributed by atoms with Crippen molar-refractivity contribution in [1.29, 1.82) is 0 Å². The third kappa shape index (κ3) is 3.18. The van der Waals surface area contributed by atoms with Gasteiger partial charge in [-0.1, -0.05) is 0 Å². The molecule has 0 aliphatic rings. The Kier molecular flexibility index (Phi) is 3.94. The van der Waals surface area contributed by atoms with Crippen molar-refractivity contribution in [1.82, 2.24) is 29.9 Å². The highest BCUT2D eigenvalue weighted by molar-refractivity contribution is 5.92. The second-order valence-corrected chi connectivity index (χ2v) is 4.75. The summed E-state index contributed by atoms with van der Waals surface area (Å²) in [6, 6.07) is 1.84. The molecule has 19 heavy (non-hydrogen) atoms. The van der Waals surface area contributed by atoms with Crippen LogP contribution in [-0.4, -0.2) is 36.5 Å². The standard InChI is InChI=1S/C12H18N6O/c1-9(2)18-11(4-5-14-18)12(19)16-10(3)6-17-8-13-7-15-17/h4-5,7-10H,6H2,1-3H3,(H,16,19)/t10-/m1/s1. The highest BCUT2D eigenvalue weighted by Gasteiger charge is 2.16. The van der Waals surface area contributed by atoms with Gasteiger partial charge >= 0.3 is 0 Å². The molecule has 0 saturated carbocycles. The molecule has 0 aliphatic carbocycles. The second kappa shape index (κ2) is 5.64. The van der Waals surface area contributed by atoms with Crippen molar-refractivity contribution in [2.24, 2.45) is 0 Å². The molecule has 0 bridgehead atoms. The van der Waals surface area contributed by atoms with E-state index in [1.54, 1.807) is 28.0 Å². The van der Waals surface area contributed by atoms with Gasteiger partial charge in [0.05, 0.1) is 6.54 Å². The number of carbonyl (C=O) groups excluding carboxylic acids is 1. The SMILES string of the molecule is CC(C)n1nccc1C(=O)N[C@H](C)Cn1cncn1. The molecule has 2 aromatic heterocycles. The highest BCUT2D eigenvalue weighted by atomic mass is 16.2. The Morgan fingerprint density at radius 1 is 1.37 bits per heavy atom. The van der Waals surface area contributed by atoms with Gasteiger partial charge in [0.1, 0.15) is 18.3 Å². The van der Waals surface area contributed by atoms with Crippen LogP contribution in [0.3, 0.4) is 0 Å². The Balaban J connectivity index is 1.98. The molecule has 0 saturated heterocycles. The third-order valence-corrected chi connectivity index (χ3v) is 2.70. The van der Waals surface area contributed by atoms with Crippen molar-refractivity contribution in [3.05, 3.63) is 30.6 Å². The molecule has 7 nitrogen and oxygen atoms in total. The van der Waals surface area contributed by atoms with Crippen LogP contribution >= 0.6 is 0 Å². The Hall–Kier alpha value is -2.18. The van der Waals surface area contributed by atoms with Gasteiger partial charge in [-0.2, -0.15) is 10.2 Å². The van der Waals surface area contributed by atoms with Crippen LogP contribution in [0.25, 0.3) is 0 Å². The first-order chi connectivity index (χ1) is 9.08. The lowest BCUT2D eigenvalue weighted by molar-refractivity contribution is 0.0923. The maximum absolute atomic E-state index is 12.2. The van der Waals surface area contributed by atoms with Crippen LogP contribution in [0.1, 0.15) is 37.3 Å². The Morgan fingerprint density at radius 2 is 2.16 bits per heavy atom. The minimum Gasteiger partial charge on any atom is -0.346 e. The van der Waals surface area contributed by atoms with E-state index in [0.29, 0.717) is 12.2 Å². The fourth-order valence-corrected chi connectivity index (χ4v) is 1.86. The summed E-state index contributed by atoms with van der Waals surface area (Å²) in [7, 11) is 0. The van der Waals surface area contributed by atoms with Gasteiger partial charge in [-0.3, -0.25) is 14.2 Å². The molecule has 1 amide bonds. The summed E-state index contributed by atoms with van der Waals surface area (Å²) in [5.41, 5.74) is 0.570. The number of nitrogens with zero attached hydrogens (tertiary/aromatic N) is 5. The smallest absolute Gasteiger partial charge is 0.269 e. The Morgan fingerprint density at radius 3 is 2.79 bits per heavy atom. The summed E-state index contributed by atoms with van der Waals surface area (Å²) < 4.78 is 3.39. The largest absolute Gasteiger partial charge is 0.346 e. The fourth-order valence-electron chi connectivity index (χ4n) is 1.86. The van der Waals surface area contributed by atoms with Gasteiger partial charge in [0.2, 0.25) is 0 Å². The molecule has 0 aliphatic heterocycles. The zero-order valence-electron chi connectivity index (χ0n) is 11.3. The predicted molar refractivity (Wildman–Crippen MR) is 69.6 cm³/mol. The van der Waals surface area contributed by atoms with Crippen molar-refractivity contribution < 1.29 is 4.79 Å². The molecule has 102 valence electrons. The summed E-state index contributed by atoms with van der Waals surface area (Å²) in [5.74, 6) is -0.126. The Bertz CT molecular complexity index is 530. The first-order valence-corrected chi connectivity index (χ1v) is 6.24. The predicted octanol–water partition coefficient (Wildman–Crippen LogP) is 0.874. The lowest BCUT2D eigenvalue weighted by Crippen LogP contribution is -2.37. The van der Waals surface area contributed by atoms with Crippen LogP contribution < -0.4 is 5.32 Å². The molecule has 1 N–H and O–H groups in total. The van der Waals surface area contributed by atoms with E-state index in [4.69, 9.17) is 0 Å². The van der Waals surface area contributed by atoms with Gasteiger partial charge in [-0.25, -0.2) is 4.98 Å². The molecule has 0 unspecified atom stereocenters. The lowest BCUT2D eigenvalue weighted by Gasteiger charge is -2.15. The molecular weight excluding hydrogens is 244 g/mol. The third-order valence-electron chi connectivity index (χ3n) is 2.70. The molecule has 0 fully saturated rings. The molecule has 0 radical (unpaired) electrons. The monoisotopic (exact) mass is 262 g/mol. The minimum atomic E-state index is -0.126. The molecular formula is C12H18N6O. The van der Waals surface area contributed by atoms with Gasteiger partial charge < -0.3 is 5.32 Å². The summed E-state index contributed by atoms with van der Waals surface area (Å²) in [4.78, 5) is 16.0. The average molecular weight is 262 g/mol. The van der Waals surface area contributed by atoms with Crippen LogP contribution in [0.2, 0.25) is 0 Å². The van der Waals surface area contributed by atoms with Crippen molar-refractivity contribution in [3.63, 3.8) is 0 Å². The van der Waals surface area contributed by atoms with E-state index in [-0.39, 0.29) is 18.0 Å². The van der Waals surface area contributed by atoms with E-state index in [9.17, 15) is 4.79 Å². The van der Waals surface area contributed by atoms with Crippen LogP contribution in [0.5, 0.6) is 0 Å². The van der Waals surface area contributed by atoms with Gasteiger partial charge in [-0.15, -0.1) is 0 Å². The Labute approximate surface area is 111 Å². The summed E-state index contributed by atoms with van der Waals surface area (Å²) >= 11 is 0. The number of aromatic nitrogens is 5. The number of rotatable bonds is 5. The van der Waals surface area contributed by atoms with Crippen molar-refractivity contribution in [2.75, 3.05) is 0 Å². The van der Waals surface area contributed by atoms with Crippen LogP contribution in [-0.2, 0) is 6.54 Å².